The maximum absolute atomic E-state index is 13.1. The summed E-state index contributed by atoms with van der Waals surface area (Å²) < 4.78 is 32.1. The molecule has 8 heteroatoms. The Labute approximate surface area is 172 Å². The van der Waals surface area contributed by atoms with Crippen molar-refractivity contribution in [1.82, 2.24) is 15.1 Å². The SMILES string of the molecule is Cc1n[nH]c(C)c1S(=O)(=O)CN1[C@H](C[C@@H](C)Oc2ccc(C#N)cc2)CC[C@@H]1C. The molecule has 29 heavy (non-hydrogen) atoms. The molecule has 1 aliphatic heterocycles. The molecule has 1 aromatic carbocycles. The molecule has 3 rings (SSSR count). The van der Waals surface area contributed by atoms with Crippen LogP contribution in [0.1, 0.15) is 50.1 Å². The van der Waals surface area contributed by atoms with E-state index in [9.17, 15) is 8.42 Å². The minimum atomic E-state index is -3.47. The highest BCUT2D eigenvalue weighted by Crippen LogP contribution is 2.30. The molecule has 0 radical (unpaired) electrons. The largest absolute Gasteiger partial charge is 0.491 e. The van der Waals surface area contributed by atoms with Gasteiger partial charge in [0, 0.05) is 12.1 Å². The fourth-order valence-electron chi connectivity index (χ4n) is 4.14. The van der Waals surface area contributed by atoms with E-state index >= 15 is 0 Å². The number of aryl methyl sites for hydroxylation is 2. The number of hydrogen-bond acceptors (Lipinski definition) is 6. The van der Waals surface area contributed by atoms with Crippen molar-refractivity contribution in [3.8, 4) is 11.8 Å². The summed E-state index contributed by atoms with van der Waals surface area (Å²) >= 11 is 0. The maximum atomic E-state index is 13.1. The summed E-state index contributed by atoms with van der Waals surface area (Å²) in [6.07, 6.45) is 2.58. The van der Waals surface area contributed by atoms with Gasteiger partial charge in [0.25, 0.3) is 0 Å². The zero-order chi connectivity index (χ0) is 21.2. The van der Waals surface area contributed by atoms with E-state index in [1.165, 1.54) is 0 Å². The molecular formula is C21H28N4O3S. The molecule has 0 unspecified atom stereocenters. The third-order valence-electron chi connectivity index (χ3n) is 5.57. The number of aromatic amines is 1. The number of hydrogen-bond donors (Lipinski definition) is 1. The number of nitrogens with zero attached hydrogens (tertiary/aromatic N) is 3. The van der Waals surface area contributed by atoms with Crippen molar-refractivity contribution >= 4 is 9.84 Å². The van der Waals surface area contributed by atoms with E-state index in [4.69, 9.17) is 10.00 Å². The maximum Gasteiger partial charge on any atom is 0.195 e. The number of benzene rings is 1. The van der Waals surface area contributed by atoms with Crippen molar-refractivity contribution in [2.75, 3.05) is 5.88 Å². The predicted molar refractivity (Wildman–Crippen MR) is 110 cm³/mol. The predicted octanol–water partition coefficient (Wildman–Crippen LogP) is 3.34. The van der Waals surface area contributed by atoms with Gasteiger partial charge < -0.3 is 4.74 Å². The number of sulfone groups is 1. The molecular weight excluding hydrogens is 388 g/mol. The highest BCUT2D eigenvalue weighted by molar-refractivity contribution is 7.91. The number of aromatic nitrogens is 2. The van der Waals surface area contributed by atoms with Crippen LogP contribution in [0.15, 0.2) is 29.2 Å². The Morgan fingerprint density at radius 1 is 1.31 bits per heavy atom. The molecule has 2 heterocycles. The van der Waals surface area contributed by atoms with Crippen LogP contribution in [-0.2, 0) is 9.84 Å². The highest BCUT2D eigenvalue weighted by Gasteiger charge is 2.36. The third kappa shape index (κ3) is 4.80. The first kappa shape index (κ1) is 21.3. The fourth-order valence-corrected chi connectivity index (χ4v) is 6.14. The second kappa shape index (κ2) is 8.56. The van der Waals surface area contributed by atoms with Gasteiger partial charge in [-0.3, -0.25) is 10.00 Å². The Bertz CT molecular complexity index is 972. The lowest BCUT2D eigenvalue weighted by Gasteiger charge is -2.30. The highest BCUT2D eigenvalue weighted by atomic mass is 32.2. The minimum Gasteiger partial charge on any atom is -0.491 e. The first-order valence-electron chi connectivity index (χ1n) is 9.88. The van der Waals surface area contributed by atoms with E-state index in [1.54, 1.807) is 38.1 Å². The Morgan fingerprint density at radius 2 is 2.00 bits per heavy atom. The van der Waals surface area contributed by atoms with Crippen LogP contribution in [0, 0.1) is 25.2 Å². The number of ether oxygens (including phenoxy) is 1. The minimum absolute atomic E-state index is 0.0103. The number of H-pyrrole nitrogens is 1. The molecule has 2 aromatic rings. The van der Waals surface area contributed by atoms with Crippen LogP contribution in [0.4, 0.5) is 0 Å². The Balaban J connectivity index is 1.68. The fraction of sp³-hybridized carbons (Fsp3) is 0.524. The van der Waals surface area contributed by atoms with E-state index in [0.29, 0.717) is 27.6 Å². The Kier molecular flexibility index (Phi) is 6.30. The Morgan fingerprint density at radius 3 is 2.59 bits per heavy atom. The molecule has 156 valence electrons. The monoisotopic (exact) mass is 416 g/mol. The van der Waals surface area contributed by atoms with Crippen molar-refractivity contribution in [2.24, 2.45) is 0 Å². The average molecular weight is 417 g/mol. The van der Waals surface area contributed by atoms with Crippen LogP contribution in [0.3, 0.4) is 0 Å². The molecule has 7 nitrogen and oxygen atoms in total. The summed E-state index contributed by atoms with van der Waals surface area (Å²) in [5.74, 6) is 0.704. The van der Waals surface area contributed by atoms with Crippen LogP contribution in [0.25, 0.3) is 0 Å². The van der Waals surface area contributed by atoms with Gasteiger partial charge in [0.1, 0.15) is 16.5 Å². The topological polar surface area (TPSA) is 99.1 Å². The van der Waals surface area contributed by atoms with Gasteiger partial charge in [0.15, 0.2) is 9.84 Å². The van der Waals surface area contributed by atoms with Gasteiger partial charge in [0.2, 0.25) is 0 Å². The van der Waals surface area contributed by atoms with Gasteiger partial charge in [-0.1, -0.05) is 0 Å². The average Bonchev–Trinajstić information content (AvgIpc) is 3.18. The molecule has 1 aromatic heterocycles. The number of nitrogens with one attached hydrogen (secondary N) is 1. The molecule has 1 saturated heterocycles. The molecule has 0 aliphatic carbocycles. The smallest absolute Gasteiger partial charge is 0.195 e. The third-order valence-corrected chi connectivity index (χ3v) is 7.43. The summed E-state index contributed by atoms with van der Waals surface area (Å²) in [6.45, 7) is 7.54. The van der Waals surface area contributed by atoms with Gasteiger partial charge in [-0.15, -0.1) is 0 Å². The van der Waals surface area contributed by atoms with Gasteiger partial charge in [0.05, 0.1) is 29.1 Å². The van der Waals surface area contributed by atoms with E-state index in [1.807, 2.05) is 6.92 Å². The van der Waals surface area contributed by atoms with Crippen LogP contribution in [0.5, 0.6) is 5.75 Å². The van der Waals surface area contributed by atoms with Gasteiger partial charge in [-0.2, -0.15) is 10.4 Å². The molecule has 1 N–H and O–H groups in total. The number of likely N-dealkylation sites (tertiary alicyclic amines) is 1. The molecule has 3 atom stereocenters. The van der Waals surface area contributed by atoms with Crippen molar-refractivity contribution in [3.05, 3.63) is 41.2 Å². The quantitative estimate of drug-likeness (QED) is 0.743. The molecule has 1 aliphatic rings. The summed E-state index contributed by atoms with van der Waals surface area (Å²) in [4.78, 5) is 2.40. The molecule has 0 spiro atoms. The molecule has 1 fully saturated rings. The lowest BCUT2D eigenvalue weighted by molar-refractivity contribution is 0.147. The molecule has 0 amide bonds. The number of rotatable bonds is 7. The van der Waals surface area contributed by atoms with Crippen LogP contribution in [0.2, 0.25) is 0 Å². The lowest BCUT2D eigenvalue weighted by atomic mass is 10.1. The van der Waals surface area contributed by atoms with Crippen molar-refractivity contribution in [1.29, 1.82) is 5.26 Å². The lowest BCUT2D eigenvalue weighted by Crippen LogP contribution is -2.40. The van der Waals surface area contributed by atoms with E-state index in [-0.39, 0.29) is 24.1 Å². The summed E-state index contributed by atoms with van der Waals surface area (Å²) in [5.41, 5.74) is 1.70. The van der Waals surface area contributed by atoms with Gasteiger partial charge in [-0.05, 0) is 71.2 Å². The normalized spacial score (nSPS) is 21.1. The first-order chi connectivity index (χ1) is 13.7. The first-order valence-corrected chi connectivity index (χ1v) is 11.5. The second-order valence-corrected chi connectivity index (χ2v) is 9.80. The van der Waals surface area contributed by atoms with Gasteiger partial charge in [-0.25, -0.2) is 8.42 Å². The van der Waals surface area contributed by atoms with Crippen molar-refractivity contribution in [2.45, 2.75) is 70.0 Å². The van der Waals surface area contributed by atoms with Crippen molar-refractivity contribution < 1.29 is 13.2 Å². The van der Waals surface area contributed by atoms with Crippen LogP contribution >= 0.6 is 0 Å². The summed E-state index contributed by atoms with van der Waals surface area (Å²) in [6, 6.07) is 9.47. The van der Waals surface area contributed by atoms with E-state index in [0.717, 1.165) is 19.3 Å². The second-order valence-electron chi connectivity index (χ2n) is 7.90. The van der Waals surface area contributed by atoms with Gasteiger partial charge >= 0.3 is 0 Å². The van der Waals surface area contributed by atoms with Crippen molar-refractivity contribution in [3.63, 3.8) is 0 Å². The Hall–Kier alpha value is -2.37. The van der Waals surface area contributed by atoms with Crippen LogP contribution in [-0.4, -0.2) is 47.6 Å². The summed E-state index contributed by atoms with van der Waals surface area (Å²) in [5, 5.41) is 15.7. The summed E-state index contributed by atoms with van der Waals surface area (Å²) in [7, 11) is -3.47. The standard InChI is InChI=1S/C21H28N4O3S/c1-14-5-8-19(11-15(2)28-20-9-6-18(12-22)7-10-20)25(14)13-29(26,27)21-16(3)23-24-17(21)4/h6-7,9-10,14-15,19H,5,8,11,13H2,1-4H3,(H,23,24)/t14-,15+,19-/m0/s1. The molecule has 0 bridgehead atoms. The molecule has 0 saturated carbocycles. The van der Waals surface area contributed by atoms with E-state index < -0.39 is 9.84 Å². The van der Waals surface area contributed by atoms with Crippen LogP contribution < -0.4 is 4.74 Å². The zero-order valence-corrected chi connectivity index (χ0v) is 18.2. The zero-order valence-electron chi connectivity index (χ0n) is 17.3. The van der Waals surface area contributed by atoms with E-state index in [2.05, 4.69) is 28.1 Å². The number of nitriles is 1.